The van der Waals surface area contributed by atoms with Crippen LogP contribution in [0.5, 0.6) is 11.5 Å². The molecule has 0 amide bonds. The van der Waals surface area contributed by atoms with Gasteiger partial charge in [-0.2, -0.15) is 0 Å². The summed E-state index contributed by atoms with van der Waals surface area (Å²) in [5.74, 6) is -1.05. The fourth-order valence-electron chi connectivity index (χ4n) is 2.10. The molecule has 1 heterocycles. The Bertz CT molecular complexity index is 897. The number of carbonyl (C=O) groups excluding carboxylic acids is 1. The molecule has 104 valence electrons. The van der Waals surface area contributed by atoms with Crippen molar-refractivity contribution in [1.82, 2.24) is 0 Å². The highest BCUT2D eigenvalue weighted by Gasteiger charge is 2.15. The number of phenols is 2. The van der Waals surface area contributed by atoms with Crippen molar-refractivity contribution in [2.75, 3.05) is 0 Å². The van der Waals surface area contributed by atoms with Gasteiger partial charge in [-0.1, -0.05) is 47.7 Å². The van der Waals surface area contributed by atoms with Crippen LogP contribution in [0.3, 0.4) is 0 Å². The number of fused-ring (bicyclic) bond motifs is 1. The van der Waals surface area contributed by atoms with Crippen LogP contribution < -0.4 is 4.74 Å². The molecule has 4 nitrogen and oxygen atoms in total. The van der Waals surface area contributed by atoms with Crippen molar-refractivity contribution < 1.29 is 15.0 Å². The Hall–Kier alpha value is -2.66. The van der Waals surface area contributed by atoms with Gasteiger partial charge in [0.05, 0.1) is 10.3 Å². The van der Waals surface area contributed by atoms with Gasteiger partial charge in [0.1, 0.15) is 0 Å². The summed E-state index contributed by atoms with van der Waals surface area (Å²) in [5, 5.41) is 19.7. The quantitative estimate of drug-likeness (QED) is 0.563. The molecule has 0 radical (unpaired) electrons. The lowest BCUT2D eigenvalue weighted by Crippen LogP contribution is -2.04. The summed E-state index contributed by atoms with van der Waals surface area (Å²) in [6, 6.07) is 13.0. The summed E-state index contributed by atoms with van der Waals surface area (Å²) in [6.45, 7) is 0. The number of hydrogen-bond acceptors (Lipinski definition) is 5. The van der Waals surface area contributed by atoms with Gasteiger partial charge in [0.25, 0.3) is 0 Å². The third-order valence-corrected chi connectivity index (χ3v) is 4.05. The van der Waals surface area contributed by atoms with Crippen molar-refractivity contribution >= 4 is 27.9 Å². The molecule has 0 aliphatic carbocycles. The molecule has 3 rings (SSSR count). The number of hydrogen-bond donors (Lipinski definition) is 2. The first-order valence-electron chi connectivity index (χ1n) is 6.16. The zero-order valence-corrected chi connectivity index (χ0v) is 11.6. The largest absolute Gasteiger partial charge is 0.504 e. The van der Waals surface area contributed by atoms with E-state index in [1.165, 1.54) is 12.1 Å². The van der Waals surface area contributed by atoms with E-state index in [2.05, 4.69) is 0 Å². The van der Waals surface area contributed by atoms with Gasteiger partial charge in [-0.25, -0.2) is 0 Å². The number of phenolic OH excluding ortho intramolecular Hbond substituents is 2. The summed E-state index contributed by atoms with van der Waals surface area (Å²) >= 11 is 0.756. The molecule has 0 aliphatic rings. The molecule has 0 aliphatic heterocycles. The Morgan fingerprint density at radius 2 is 1.71 bits per heavy atom. The van der Waals surface area contributed by atoms with Gasteiger partial charge in [-0.15, -0.1) is 0 Å². The number of rotatable bonds is 2. The molecule has 0 fully saturated rings. The predicted molar refractivity (Wildman–Crippen MR) is 81.3 cm³/mol. The van der Waals surface area contributed by atoms with E-state index < -0.39 is 10.5 Å². The van der Waals surface area contributed by atoms with Crippen LogP contribution in [-0.2, 0) is 0 Å². The molecule has 0 saturated heterocycles. The first kappa shape index (κ1) is 13.3. The monoisotopic (exact) mass is 298 g/mol. The van der Waals surface area contributed by atoms with Gasteiger partial charge >= 0.3 is 0 Å². The fourth-order valence-corrected chi connectivity index (χ4v) is 3.01. The molecule has 0 saturated carbocycles. The second kappa shape index (κ2) is 5.03. The lowest BCUT2D eigenvalue weighted by molar-refractivity contribution is 0.104. The van der Waals surface area contributed by atoms with Crippen LogP contribution in [0.2, 0.25) is 0 Å². The van der Waals surface area contributed by atoms with Crippen LogP contribution >= 0.6 is 11.3 Å². The Labute approximate surface area is 123 Å². The zero-order valence-electron chi connectivity index (χ0n) is 10.7. The molecular formula is C16H10O4S. The first-order chi connectivity index (χ1) is 10.1. The van der Waals surface area contributed by atoms with Gasteiger partial charge in [-0.05, 0) is 17.5 Å². The van der Waals surface area contributed by atoms with Crippen molar-refractivity contribution in [1.29, 1.82) is 0 Å². The summed E-state index contributed by atoms with van der Waals surface area (Å²) in [4.78, 5) is 24.8. The second-order valence-corrected chi connectivity index (χ2v) is 5.51. The topological polar surface area (TPSA) is 74.6 Å². The molecule has 5 heteroatoms. The minimum absolute atomic E-state index is 0.0320. The maximum atomic E-state index is 12.4. The van der Waals surface area contributed by atoms with Crippen LogP contribution in [-0.4, -0.2) is 16.0 Å². The smallest absolute Gasteiger partial charge is 0.244 e. The van der Waals surface area contributed by atoms with E-state index in [1.54, 1.807) is 36.4 Å². The van der Waals surface area contributed by atoms with Crippen molar-refractivity contribution in [3.05, 3.63) is 68.5 Å². The summed E-state index contributed by atoms with van der Waals surface area (Å²) in [5.41, 5.74) is 0.496. The molecule has 0 spiro atoms. The van der Waals surface area contributed by atoms with Crippen LogP contribution in [0.25, 0.3) is 10.8 Å². The third-order valence-electron chi connectivity index (χ3n) is 3.14. The summed E-state index contributed by atoms with van der Waals surface area (Å²) in [7, 11) is 0. The van der Waals surface area contributed by atoms with Crippen molar-refractivity contribution in [2.24, 2.45) is 0 Å². The highest BCUT2D eigenvalue weighted by Crippen LogP contribution is 2.32. The lowest BCUT2D eigenvalue weighted by atomic mass is 10.1. The Balaban J connectivity index is 2.21. The highest BCUT2D eigenvalue weighted by molar-refractivity contribution is 7.12. The van der Waals surface area contributed by atoms with E-state index >= 15 is 0 Å². The SMILES string of the molecule is O=C(c1ccccc1)c1cc2ccc(O)c(O)c2c(=O)s1. The van der Waals surface area contributed by atoms with E-state index in [9.17, 15) is 19.8 Å². The van der Waals surface area contributed by atoms with Gasteiger partial charge in [0.15, 0.2) is 11.5 Å². The van der Waals surface area contributed by atoms with Crippen LogP contribution in [0.1, 0.15) is 15.2 Å². The zero-order chi connectivity index (χ0) is 15.0. The number of aromatic hydroxyl groups is 2. The molecule has 0 unspecified atom stereocenters. The van der Waals surface area contributed by atoms with Crippen molar-refractivity contribution in [2.45, 2.75) is 0 Å². The van der Waals surface area contributed by atoms with E-state index in [-0.39, 0.29) is 16.9 Å². The summed E-state index contributed by atoms with van der Waals surface area (Å²) < 4.78 is -0.458. The Morgan fingerprint density at radius 1 is 1.00 bits per heavy atom. The van der Waals surface area contributed by atoms with E-state index in [1.807, 2.05) is 0 Å². The van der Waals surface area contributed by atoms with E-state index in [0.29, 0.717) is 15.8 Å². The fraction of sp³-hybridized carbons (Fsp3) is 0. The van der Waals surface area contributed by atoms with Crippen LogP contribution in [0, 0.1) is 0 Å². The predicted octanol–water partition coefficient (Wildman–Crippen LogP) is 2.90. The van der Waals surface area contributed by atoms with Crippen LogP contribution in [0.4, 0.5) is 0 Å². The third kappa shape index (κ3) is 2.28. The molecule has 1 aromatic heterocycles. The van der Waals surface area contributed by atoms with Gasteiger partial charge < -0.3 is 10.2 Å². The van der Waals surface area contributed by atoms with Crippen LogP contribution in [0.15, 0.2) is 53.3 Å². The molecule has 2 aromatic carbocycles. The number of ketones is 1. The normalized spacial score (nSPS) is 10.7. The number of benzene rings is 2. The maximum Gasteiger partial charge on any atom is 0.244 e. The standard InChI is InChI=1S/C16H10O4S/c17-11-7-6-10-8-12(21-16(20)13(10)15(11)19)14(18)9-4-2-1-3-5-9/h1-8,17,19H. The molecule has 0 atom stereocenters. The molecular weight excluding hydrogens is 288 g/mol. The molecule has 0 bridgehead atoms. The van der Waals surface area contributed by atoms with Gasteiger partial charge in [-0.3, -0.25) is 9.59 Å². The Kier molecular flexibility index (Phi) is 3.19. The maximum absolute atomic E-state index is 12.4. The lowest BCUT2D eigenvalue weighted by Gasteiger charge is -2.04. The molecule has 2 N–H and O–H groups in total. The summed E-state index contributed by atoms with van der Waals surface area (Å²) in [6.07, 6.45) is 0. The van der Waals surface area contributed by atoms with E-state index in [4.69, 9.17) is 0 Å². The molecule has 21 heavy (non-hydrogen) atoms. The average Bonchev–Trinajstić information content (AvgIpc) is 2.50. The minimum Gasteiger partial charge on any atom is -0.504 e. The molecule has 3 aromatic rings. The van der Waals surface area contributed by atoms with Crippen molar-refractivity contribution in [3.8, 4) is 11.5 Å². The first-order valence-corrected chi connectivity index (χ1v) is 6.98. The van der Waals surface area contributed by atoms with Gasteiger partial charge in [0, 0.05) is 5.56 Å². The van der Waals surface area contributed by atoms with Crippen molar-refractivity contribution in [3.63, 3.8) is 0 Å². The Morgan fingerprint density at radius 3 is 2.43 bits per heavy atom. The number of carbonyl (C=O) groups is 1. The second-order valence-electron chi connectivity index (χ2n) is 4.49. The highest BCUT2D eigenvalue weighted by atomic mass is 32.1. The van der Waals surface area contributed by atoms with E-state index in [0.717, 1.165) is 11.3 Å². The van der Waals surface area contributed by atoms with Gasteiger partial charge in [0.2, 0.25) is 10.5 Å². The minimum atomic E-state index is -0.458. The average molecular weight is 298 g/mol.